The minimum Gasteiger partial charge on any atom is -0.204 e. The van der Waals surface area contributed by atoms with E-state index in [0.29, 0.717) is 5.92 Å². The largest absolute Gasteiger partial charge is 0.204 e. The topological polar surface area (TPSA) is 23.8 Å². The Morgan fingerprint density at radius 1 is 0.800 bits per heavy atom. The maximum absolute atomic E-state index is 13.5. The van der Waals surface area contributed by atoms with Crippen LogP contribution in [-0.2, 0) is 0 Å². The minimum absolute atomic E-state index is 0.405. The lowest BCUT2D eigenvalue weighted by Crippen LogP contribution is -2.15. The fourth-order valence-electron chi connectivity index (χ4n) is 5.69. The molecule has 0 heterocycles. The number of rotatable bonds is 9. The molecule has 2 saturated carbocycles. The van der Waals surface area contributed by atoms with Crippen LogP contribution in [0.2, 0.25) is 0 Å². The Morgan fingerprint density at radius 3 is 1.93 bits per heavy atom. The molecule has 1 aromatic rings. The van der Waals surface area contributed by atoms with Gasteiger partial charge in [0.2, 0.25) is 0 Å². The van der Waals surface area contributed by atoms with Crippen LogP contribution in [0.3, 0.4) is 0 Å². The molecule has 2 aliphatic rings. The number of nitrogens with zero attached hydrogens (tertiary/aromatic N) is 1. The molecule has 30 heavy (non-hydrogen) atoms. The molecule has 0 unspecified atom stereocenters. The highest BCUT2D eigenvalue weighted by atomic mass is 19.2. The molecule has 164 valence electrons. The van der Waals surface area contributed by atoms with Crippen molar-refractivity contribution in [2.45, 2.75) is 95.8 Å². The third-order valence-corrected chi connectivity index (χ3v) is 7.64. The summed E-state index contributed by atoms with van der Waals surface area (Å²) in [6.07, 6.45) is 21.6. The molecule has 3 heteroatoms. The summed E-state index contributed by atoms with van der Waals surface area (Å²) in [4.78, 5) is 0. The van der Waals surface area contributed by atoms with Crippen LogP contribution >= 0.6 is 0 Å². The van der Waals surface area contributed by atoms with Gasteiger partial charge >= 0.3 is 0 Å². The smallest absolute Gasteiger partial charge is 0.159 e. The van der Waals surface area contributed by atoms with Gasteiger partial charge in [0, 0.05) is 6.08 Å². The Labute approximate surface area is 181 Å². The van der Waals surface area contributed by atoms with Crippen LogP contribution in [0.5, 0.6) is 0 Å². The van der Waals surface area contributed by atoms with Gasteiger partial charge in [-0.2, -0.15) is 5.26 Å². The van der Waals surface area contributed by atoms with Gasteiger partial charge in [-0.3, -0.25) is 0 Å². The van der Waals surface area contributed by atoms with E-state index in [2.05, 4.69) is 6.07 Å². The van der Waals surface area contributed by atoms with Crippen LogP contribution in [0, 0.1) is 40.7 Å². The predicted octanol–water partition coefficient (Wildman–Crippen LogP) is 8.47. The second-order valence-electron chi connectivity index (χ2n) is 9.67. The first-order chi connectivity index (χ1) is 14.7. The zero-order chi connectivity index (χ0) is 21.2. The van der Waals surface area contributed by atoms with Gasteiger partial charge in [0.1, 0.15) is 0 Å². The molecule has 0 aromatic heterocycles. The molecule has 0 bridgehead atoms. The number of hydrogen-bond donors (Lipinski definition) is 0. The molecule has 1 nitrogen and oxygen atoms in total. The highest BCUT2D eigenvalue weighted by Crippen LogP contribution is 2.39. The molecule has 0 N–H and O–H groups in total. The van der Waals surface area contributed by atoms with E-state index in [-0.39, 0.29) is 0 Å². The Bertz CT molecular complexity index is 704. The van der Waals surface area contributed by atoms with Gasteiger partial charge in [-0.05, 0) is 79.9 Å². The molecule has 0 saturated heterocycles. The van der Waals surface area contributed by atoms with E-state index in [1.165, 1.54) is 82.8 Å². The van der Waals surface area contributed by atoms with Gasteiger partial charge in [-0.25, -0.2) is 8.78 Å². The molecule has 2 fully saturated rings. The summed E-state index contributed by atoms with van der Waals surface area (Å²) in [5.41, 5.74) is 0.976. The van der Waals surface area contributed by atoms with Gasteiger partial charge in [0.15, 0.2) is 11.6 Å². The lowest BCUT2D eigenvalue weighted by atomic mass is 9.76. The molecular weight excluding hydrogens is 376 g/mol. The van der Waals surface area contributed by atoms with Crippen LogP contribution in [0.1, 0.15) is 101 Å². The lowest BCUT2D eigenvalue weighted by molar-refractivity contribution is 0.244. The monoisotopic (exact) mass is 413 g/mol. The number of benzene rings is 1. The second-order valence-corrected chi connectivity index (χ2v) is 9.67. The highest BCUT2D eigenvalue weighted by molar-refractivity contribution is 5.22. The van der Waals surface area contributed by atoms with Gasteiger partial charge in [0.25, 0.3) is 0 Å². The van der Waals surface area contributed by atoms with Crippen molar-refractivity contribution in [3.05, 3.63) is 47.5 Å². The first-order valence-electron chi connectivity index (χ1n) is 12.1. The molecule has 0 amide bonds. The molecule has 2 aliphatic carbocycles. The van der Waals surface area contributed by atoms with Gasteiger partial charge in [0.05, 0.1) is 6.07 Å². The summed E-state index contributed by atoms with van der Waals surface area (Å²) in [6, 6.07) is 6.51. The Kier molecular flexibility index (Phi) is 9.37. The van der Waals surface area contributed by atoms with Crippen LogP contribution in [0.25, 0.3) is 0 Å². The zero-order valence-electron chi connectivity index (χ0n) is 18.3. The number of allylic oxidation sites excluding steroid dienone is 2. The molecule has 1 aromatic carbocycles. The van der Waals surface area contributed by atoms with Crippen molar-refractivity contribution < 1.29 is 8.78 Å². The van der Waals surface area contributed by atoms with Crippen molar-refractivity contribution >= 4 is 0 Å². The fourth-order valence-corrected chi connectivity index (χ4v) is 5.69. The van der Waals surface area contributed by atoms with Crippen molar-refractivity contribution in [3.8, 4) is 6.07 Å². The average molecular weight is 414 g/mol. The summed E-state index contributed by atoms with van der Waals surface area (Å²) >= 11 is 0. The van der Waals surface area contributed by atoms with E-state index in [1.54, 1.807) is 12.1 Å². The summed E-state index contributed by atoms with van der Waals surface area (Å²) < 4.78 is 26.6. The standard InChI is InChI=1S/C27H37F2N/c28-26-18-17-25(20-27(26)29)24-15-13-23(14-16-24)8-4-3-7-22-11-9-21(10-12-22)6-2-1-5-19-30/h1,5,17-18,20-24H,2-4,6-16H2/t21-,22-,23-,24-. The lowest BCUT2D eigenvalue weighted by Gasteiger charge is -2.30. The highest BCUT2D eigenvalue weighted by Gasteiger charge is 2.24. The minimum atomic E-state index is -0.742. The normalized spacial score (nSPS) is 27.2. The van der Waals surface area contributed by atoms with Crippen molar-refractivity contribution in [2.75, 3.05) is 0 Å². The summed E-state index contributed by atoms with van der Waals surface area (Å²) in [5, 5.41) is 8.54. The van der Waals surface area contributed by atoms with Crippen molar-refractivity contribution in [3.63, 3.8) is 0 Å². The summed E-state index contributed by atoms with van der Waals surface area (Å²) in [6.45, 7) is 0. The van der Waals surface area contributed by atoms with Crippen molar-refractivity contribution in [1.29, 1.82) is 5.26 Å². The Balaban J connectivity index is 1.24. The maximum atomic E-state index is 13.5. The average Bonchev–Trinajstić information content (AvgIpc) is 2.77. The molecular formula is C27H37F2N. The van der Waals surface area contributed by atoms with Crippen LogP contribution in [0.4, 0.5) is 8.78 Å². The number of nitriles is 1. The number of hydrogen-bond acceptors (Lipinski definition) is 1. The molecule has 0 aliphatic heterocycles. The first-order valence-corrected chi connectivity index (χ1v) is 12.1. The quantitative estimate of drug-likeness (QED) is 0.294. The third kappa shape index (κ3) is 7.22. The molecule has 0 radical (unpaired) electrons. The SMILES string of the molecule is N#CC=CCC[C@H]1CC[C@H](CCCC[C@H]2CC[C@H](c3ccc(F)c(F)c3)CC2)CC1. The van der Waals surface area contributed by atoms with E-state index < -0.39 is 11.6 Å². The van der Waals surface area contributed by atoms with Gasteiger partial charge in [-0.1, -0.05) is 63.5 Å². The summed E-state index contributed by atoms with van der Waals surface area (Å²) in [5.74, 6) is 1.58. The van der Waals surface area contributed by atoms with E-state index in [1.807, 2.05) is 6.08 Å². The third-order valence-electron chi connectivity index (χ3n) is 7.64. The fraction of sp³-hybridized carbons (Fsp3) is 0.667. The maximum Gasteiger partial charge on any atom is 0.159 e. The molecule has 3 rings (SSSR count). The van der Waals surface area contributed by atoms with Crippen LogP contribution in [0.15, 0.2) is 30.4 Å². The first kappa shape index (κ1) is 23.0. The van der Waals surface area contributed by atoms with E-state index in [9.17, 15) is 8.78 Å². The Morgan fingerprint density at radius 2 is 1.37 bits per heavy atom. The van der Waals surface area contributed by atoms with Crippen LogP contribution < -0.4 is 0 Å². The van der Waals surface area contributed by atoms with Gasteiger partial charge < -0.3 is 0 Å². The number of unbranched alkanes of at least 4 members (excludes halogenated alkanes) is 1. The van der Waals surface area contributed by atoms with E-state index in [0.717, 1.165) is 42.6 Å². The van der Waals surface area contributed by atoms with Crippen LogP contribution in [-0.4, -0.2) is 0 Å². The van der Waals surface area contributed by atoms with E-state index in [4.69, 9.17) is 5.26 Å². The van der Waals surface area contributed by atoms with Gasteiger partial charge in [-0.15, -0.1) is 0 Å². The zero-order valence-corrected chi connectivity index (χ0v) is 18.3. The number of halogens is 2. The molecule has 0 spiro atoms. The second kappa shape index (κ2) is 12.2. The molecule has 0 atom stereocenters. The Hall–Kier alpha value is -1.69. The summed E-state index contributed by atoms with van der Waals surface area (Å²) in [7, 11) is 0. The van der Waals surface area contributed by atoms with Crippen molar-refractivity contribution in [2.24, 2.45) is 17.8 Å². The predicted molar refractivity (Wildman–Crippen MR) is 119 cm³/mol. The van der Waals surface area contributed by atoms with Crippen molar-refractivity contribution in [1.82, 2.24) is 0 Å². The van der Waals surface area contributed by atoms with E-state index >= 15 is 0 Å².